The van der Waals surface area contributed by atoms with E-state index in [4.69, 9.17) is 0 Å². The van der Waals surface area contributed by atoms with Crippen molar-refractivity contribution < 1.29 is 0 Å². The van der Waals surface area contributed by atoms with E-state index in [1.165, 1.54) is 53.1 Å². The molecule has 0 saturated carbocycles. The number of anilines is 6. The third-order valence-electron chi connectivity index (χ3n) is 12.4. The molecule has 64 heavy (non-hydrogen) atoms. The molecule has 12 rings (SSSR count). The minimum absolute atomic E-state index is 1.09. The molecule has 12 aromatic rings. The molecule has 0 spiro atoms. The summed E-state index contributed by atoms with van der Waals surface area (Å²) in [5.74, 6) is 0. The number of rotatable bonds is 9. The third kappa shape index (κ3) is 6.60. The first-order valence-corrected chi connectivity index (χ1v) is 22.6. The molecule has 0 bridgehead atoms. The van der Waals surface area contributed by atoms with Crippen LogP contribution < -0.4 is 9.80 Å². The molecular weight excluding hydrogens is 795 g/mol. The predicted molar refractivity (Wildman–Crippen MR) is 274 cm³/mol. The molecule has 0 aliphatic carbocycles. The van der Waals surface area contributed by atoms with Crippen LogP contribution in [0.4, 0.5) is 34.1 Å². The highest BCUT2D eigenvalue weighted by Crippen LogP contribution is 2.43. The van der Waals surface area contributed by atoms with E-state index < -0.39 is 0 Å². The van der Waals surface area contributed by atoms with Gasteiger partial charge in [0, 0.05) is 70.8 Å². The van der Waals surface area contributed by atoms with Gasteiger partial charge in [-0.3, -0.25) is 0 Å². The molecule has 0 atom stereocenters. The Morgan fingerprint density at radius 1 is 0.297 bits per heavy atom. The zero-order valence-electron chi connectivity index (χ0n) is 34.9. The summed E-state index contributed by atoms with van der Waals surface area (Å²) in [5, 5.41) is 5.09. The molecule has 0 aliphatic rings. The van der Waals surface area contributed by atoms with E-state index in [1.807, 2.05) is 11.3 Å². The van der Waals surface area contributed by atoms with E-state index in [-0.39, 0.29) is 0 Å². The maximum absolute atomic E-state index is 2.37. The fourth-order valence-corrected chi connectivity index (χ4v) is 10.6. The van der Waals surface area contributed by atoms with Crippen molar-refractivity contribution in [1.29, 1.82) is 0 Å². The summed E-state index contributed by atoms with van der Waals surface area (Å²) in [6.45, 7) is 0. The Kier molecular flexibility index (Phi) is 9.36. The summed E-state index contributed by atoms with van der Waals surface area (Å²) in [5.41, 5.74) is 14.9. The summed E-state index contributed by atoms with van der Waals surface area (Å²) in [4.78, 5) is 4.71. The van der Waals surface area contributed by atoms with Gasteiger partial charge in [-0.1, -0.05) is 146 Å². The SMILES string of the molecule is c1ccc(N(c2ccc(-c3cccc4c3sc3ccccc34)cc2)c2cccc(-c3ccc(N(c4ccccc4)c4ccc5c(c4)c4ccccc4n5-c4ccccc4)cc3)c2)cc1. The lowest BCUT2D eigenvalue weighted by molar-refractivity contribution is 1.18. The van der Waals surface area contributed by atoms with E-state index in [9.17, 15) is 0 Å². The van der Waals surface area contributed by atoms with E-state index >= 15 is 0 Å². The smallest absolute Gasteiger partial charge is 0.0542 e. The summed E-state index contributed by atoms with van der Waals surface area (Å²) in [7, 11) is 0. The Morgan fingerprint density at radius 3 is 1.50 bits per heavy atom. The van der Waals surface area contributed by atoms with Crippen LogP contribution in [0.5, 0.6) is 0 Å². The maximum atomic E-state index is 2.37. The van der Waals surface area contributed by atoms with Crippen molar-refractivity contribution in [2.45, 2.75) is 0 Å². The number of nitrogens with zero attached hydrogens (tertiary/aromatic N) is 3. The van der Waals surface area contributed by atoms with Crippen LogP contribution in [0.15, 0.2) is 249 Å². The van der Waals surface area contributed by atoms with Crippen LogP contribution in [-0.4, -0.2) is 4.57 Å². The van der Waals surface area contributed by atoms with E-state index in [1.54, 1.807) is 0 Å². The second-order valence-electron chi connectivity index (χ2n) is 16.2. The van der Waals surface area contributed by atoms with Gasteiger partial charge in [0.05, 0.1) is 11.0 Å². The molecule has 2 aromatic heterocycles. The van der Waals surface area contributed by atoms with E-state index in [0.717, 1.165) is 50.9 Å². The van der Waals surface area contributed by atoms with Crippen molar-refractivity contribution in [3.05, 3.63) is 249 Å². The highest BCUT2D eigenvalue weighted by molar-refractivity contribution is 7.26. The average molecular weight is 836 g/mol. The largest absolute Gasteiger partial charge is 0.310 e. The van der Waals surface area contributed by atoms with Crippen LogP contribution >= 0.6 is 11.3 Å². The van der Waals surface area contributed by atoms with Gasteiger partial charge in [0.1, 0.15) is 0 Å². The summed E-state index contributed by atoms with van der Waals surface area (Å²) < 4.78 is 5.02. The molecule has 0 unspecified atom stereocenters. The lowest BCUT2D eigenvalue weighted by atomic mass is 10.0. The monoisotopic (exact) mass is 835 g/mol. The molecule has 302 valence electrons. The number of thiophene rings is 1. The molecule has 0 N–H and O–H groups in total. The summed E-state index contributed by atoms with van der Waals surface area (Å²) in [6.07, 6.45) is 0. The van der Waals surface area contributed by atoms with Crippen LogP contribution in [-0.2, 0) is 0 Å². The number of para-hydroxylation sites is 4. The van der Waals surface area contributed by atoms with Crippen molar-refractivity contribution in [2.75, 3.05) is 9.80 Å². The molecule has 0 fully saturated rings. The van der Waals surface area contributed by atoms with Crippen molar-refractivity contribution in [3.8, 4) is 27.9 Å². The van der Waals surface area contributed by atoms with Crippen molar-refractivity contribution in [1.82, 2.24) is 4.57 Å². The molecule has 3 nitrogen and oxygen atoms in total. The first-order valence-electron chi connectivity index (χ1n) is 21.8. The molecule has 0 aliphatic heterocycles. The molecule has 2 heterocycles. The Bertz CT molecular complexity index is 3590. The molecule has 4 heteroatoms. The molecule has 0 amide bonds. The van der Waals surface area contributed by atoms with Crippen LogP contribution in [0.2, 0.25) is 0 Å². The number of fused-ring (bicyclic) bond motifs is 6. The van der Waals surface area contributed by atoms with Crippen molar-refractivity contribution in [2.24, 2.45) is 0 Å². The highest BCUT2D eigenvalue weighted by Gasteiger charge is 2.19. The Balaban J connectivity index is 0.898. The summed E-state index contributed by atoms with van der Waals surface area (Å²) >= 11 is 1.87. The minimum atomic E-state index is 1.09. The lowest BCUT2D eigenvalue weighted by Gasteiger charge is -2.27. The highest BCUT2D eigenvalue weighted by atomic mass is 32.1. The standard InChI is InChI=1S/C60H41N3S/c1-4-17-45(18-5-1)61(49-36-32-43(33-37-49)52-26-15-27-55-54-25-11-13-29-59(54)64-60(52)55)50-23-14-16-44(40-50)42-30-34-48(35-31-42)62(46-19-6-2-7-20-46)51-38-39-58-56(41-51)53-24-10-12-28-57(53)63(58)47-21-8-3-9-22-47/h1-41H. The second kappa shape index (κ2) is 15.9. The van der Waals surface area contributed by atoms with Gasteiger partial charge in [0.2, 0.25) is 0 Å². The quantitative estimate of drug-likeness (QED) is 0.143. The van der Waals surface area contributed by atoms with E-state index in [2.05, 4.69) is 263 Å². The Labute approximate surface area is 376 Å². The summed E-state index contributed by atoms with van der Waals surface area (Å²) in [6, 6.07) is 89.9. The van der Waals surface area contributed by atoms with Crippen LogP contribution in [0.1, 0.15) is 0 Å². The van der Waals surface area contributed by atoms with Crippen LogP contribution in [0.3, 0.4) is 0 Å². The minimum Gasteiger partial charge on any atom is -0.310 e. The van der Waals surface area contributed by atoms with Gasteiger partial charge in [-0.05, 0) is 125 Å². The second-order valence-corrected chi connectivity index (χ2v) is 17.2. The maximum Gasteiger partial charge on any atom is 0.0542 e. The molecule has 0 radical (unpaired) electrons. The number of hydrogen-bond acceptors (Lipinski definition) is 3. The lowest BCUT2D eigenvalue weighted by Crippen LogP contribution is -2.10. The first kappa shape index (κ1) is 37.6. The Morgan fingerprint density at radius 2 is 0.797 bits per heavy atom. The molecule has 10 aromatic carbocycles. The zero-order chi connectivity index (χ0) is 42.4. The third-order valence-corrected chi connectivity index (χ3v) is 13.6. The molecule has 0 saturated heterocycles. The normalized spacial score (nSPS) is 11.4. The Hall–Kier alpha value is -8.18. The van der Waals surface area contributed by atoms with E-state index in [0.29, 0.717) is 0 Å². The van der Waals surface area contributed by atoms with Crippen molar-refractivity contribution in [3.63, 3.8) is 0 Å². The van der Waals surface area contributed by atoms with Gasteiger partial charge in [0.15, 0.2) is 0 Å². The van der Waals surface area contributed by atoms with Gasteiger partial charge in [-0.2, -0.15) is 0 Å². The van der Waals surface area contributed by atoms with Gasteiger partial charge >= 0.3 is 0 Å². The van der Waals surface area contributed by atoms with Crippen LogP contribution in [0, 0.1) is 0 Å². The predicted octanol–water partition coefficient (Wildman–Crippen LogP) is 17.4. The fraction of sp³-hybridized carbons (Fsp3) is 0. The number of aromatic nitrogens is 1. The topological polar surface area (TPSA) is 11.4 Å². The van der Waals surface area contributed by atoms with Gasteiger partial charge in [-0.15, -0.1) is 11.3 Å². The fourth-order valence-electron chi connectivity index (χ4n) is 9.40. The van der Waals surface area contributed by atoms with Gasteiger partial charge in [0.25, 0.3) is 0 Å². The molecular formula is C60H41N3S. The first-order chi connectivity index (χ1) is 31.7. The number of benzene rings is 10. The van der Waals surface area contributed by atoms with Crippen molar-refractivity contribution >= 4 is 87.4 Å². The average Bonchev–Trinajstić information content (AvgIpc) is 3.92. The van der Waals surface area contributed by atoms with Crippen LogP contribution in [0.25, 0.3) is 69.9 Å². The zero-order valence-corrected chi connectivity index (χ0v) is 35.7. The van der Waals surface area contributed by atoms with Gasteiger partial charge < -0.3 is 14.4 Å². The number of hydrogen-bond donors (Lipinski definition) is 0. The van der Waals surface area contributed by atoms with Gasteiger partial charge in [-0.25, -0.2) is 0 Å².